The number of ether oxygens (including phenoxy) is 1. The van der Waals surface area contributed by atoms with Crippen molar-refractivity contribution in [3.05, 3.63) is 0 Å². The first-order chi connectivity index (χ1) is 11.9. The molecule has 2 saturated heterocycles. The van der Waals surface area contributed by atoms with Gasteiger partial charge in [0.15, 0.2) is 0 Å². The summed E-state index contributed by atoms with van der Waals surface area (Å²) < 4.78 is 5.06. The van der Waals surface area contributed by atoms with E-state index in [2.05, 4.69) is 17.1 Å². The molecule has 2 aliphatic heterocycles. The van der Waals surface area contributed by atoms with Crippen molar-refractivity contribution >= 4 is 11.8 Å². The average molecular weight is 351 g/mol. The summed E-state index contributed by atoms with van der Waals surface area (Å²) in [6.07, 6.45) is 6.33. The number of Topliss-reactive ketones (excluding diaryl/α,β-unsaturated/α-hetero) is 1. The van der Waals surface area contributed by atoms with Crippen molar-refractivity contribution in [1.82, 2.24) is 15.1 Å². The number of carbonyl (C=O) groups is 2. The minimum absolute atomic E-state index is 0.00277. The quantitative estimate of drug-likeness (QED) is 0.713. The molecule has 0 radical (unpaired) electrons. The molecule has 4 aliphatic rings. The fourth-order valence-electron chi connectivity index (χ4n) is 5.56. The van der Waals surface area contributed by atoms with Crippen molar-refractivity contribution in [1.29, 1.82) is 0 Å². The molecule has 2 heterocycles. The molecular formula is C19H33N3O3. The van der Waals surface area contributed by atoms with Gasteiger partial charge >= 0.3 is 6.03 Å². The van der Waals surface area contributed by atoms with E-state index >= 15 is 0 Å². The zero-order valence-corrected chi connectivity index (χ0v) is 16.0. The largest absolute Gasteiger partial charge is 0.385 e. The van der Waals surface area contributed by atoms with Gasteiger partial charge in [-0.15, -0.1) is 0 Å². The molecule has 0 aromatic carbocycles. The number of rotatable bonds is 7. The lowest BCUT2D eigenvalue weighted by Gasteiger charge is -2.69. The molecule has 6 heteroatoms. The molecule has 2 aliphatic carbocycles. The van der Waals surface area contributed by atoms with Crippen LogP contribution in [0.15, 0.2) is 0 Å². The first kappa shape index (κ1) is 18.6. The molecule has 1 atom stereocenters. The normalized spacial score (nSPS) is 34.2. The van der Waals surface area contributed by atoms with Crippen LogP contribution >= 0.6 is 0 Å². The second-order valence-corrected chi connectivity index (χ2v) is 8.43. The van der Waals surface area contributed by atoms with E-state index in [4.69, 9.17) is 4.74 Å². The Balaban J connectivity index is 1.64. The second kappa shape index (κ2) is 7.23. The zero-order valence-electron chi connectivity index (χ0n) is 16.0. The van der Waals surface area contributed by atoms with Crippen molar-refractivity contribution in [2.24, 2.45) is 5.41 Å². The van der Waals surface area contributed by atoms with Crippen LogP contribution in [0.1, 0.15) is 51.9 Å². The summed E-state index contributed by atoms with van der Waals surface area (Å²) in [5, 5.41) is 3.31. The highest BCUT2D eigenvalue weighted by atomic mass is 16.5. The number of nitrogens with zero attached hydrogens (tertiary/aromatic N) is 2. The minimum Gasteiger partial charge on any atom is -0.385 e. The van der Waals surface area contributed by atoms with E-state index in [-0.39, 0.29) is 17.0 Å². The number of methoxy groups -OCH3 is 1. The third-order valence-electron chi connectivity index (χ3n) is 6.35. The summed E-state index contributed by atoms with van der Waals surface area (Å²) in [6, 6.07) is 0.534. The Morgan fingerprint density at radius 1 is 1.44 bits per heavy atom. The second-order valence-electron chi connectivity index (χ2n) is 8.43. The molecule has 142 valence electrons. The molecule has 2 saturated carbocycles. The molecule has 0 aromatic heterocycles. The third kappa shape index (κ3) is 3.56. The van der Waals surface area contributed by atoms with E-state index in [1.165, 1.54) is 0 Å². The van der Waals surface area contributed by atoms with Crippen molar-refractivity contribution in [2.45, 2.75) is 63.5 Å². The van der Waals surface area contributed by atoms with Gasteiger partial charge in [0.2, 0.25) is 0 Å². The van der Waals surface area contributed by atoms with E-state index in [0.717, 1.165) is 51.6 Å². The summed E-state index contributed by atoms with van der Waals surface area (Å²) in [7, 11) is 3.52. The maximum absolute atomic E-state index is 12.6. The van der Waals surface area contributed by atoms with Crippen molar-refractivity contribution < 1.29 is 14.3 Å². The zero-order chi connectivity index (χ0) is 18.1. The monoisotopic (exact) mass is 351 g/mol. The molecule has 0 unspecified atom stereocenters. The molecule has 0 aromatic rings. The molecule has 1 N–H and O–H groups in total. The number of hydrogen-bond acceptors (Lipinski definition) is 4. The van der Waals surface area contributed by atoms with E-state index in [0.29, 0.717) is 31.4 Å². The summed E-state index contributed by atoms with van der Waals surface area (Å²) in [5.74, 6) is 0.409. The van der Waals surface area contributed by atoms with E-state index < -0.39 is 0 Å². The maximum atomic E-state index is 12.6. The highest BCUT2D eigenvalue weighted by Gasteiger charge is 2.65. The molecular weight excluding hydrogens is 318 g/mol. The van der Waals surface area contributed by atoms with Gasteiger partial charge in [-0.2, -0.15) is 0 Å². The van der Waals surface area contributed by atoms with E-state index in [1.807, 2.05) is 7.05 Å². The van der Waals surface area contributed by atoms with Gasteiger partial charge in [-0.25, -0.2) is 4.79 Å². The molecule has 2 bridgehead atoms. The number of urea groups is 1. The van der Waals surface area contributed by atoms with E-state index in [1.54, 1.807) is 12.0 Å². The number of nitrogens with one attached hydrogen (secondary N) is 1. The van der Waals surface area contributed by atoms with Crippen LogP contribution in [0.4, 0.5) is 4.79 Å². The molecule has 2 amide bonds. The van der Waals surface area contributed by atoms with Gasteiger partial charge in [-0.05, 0) is 44.1 Å². The van der Waals surface area contributed by atoms with Crippen molar-refractivity contribution in [3.63, 3.8) is 0 Å². The number of amides is 2. The molecule has 4 rings (SSSR count). The Hall–Kier alpha value is -1.14. The standard InChI is InChI=1S/C19H33N3O3/c1-4-8-22-14-19(20-17(24)21(2)9-5-10-25-3)12-18(13-19)11-15(23)6-7-16(18)22/h16H,4-14H2,1-3H3,(H,20,24)/t16-,18?,19?/m1/s1. The van der Waals surface area contributed by atoms with Crippen LogP contribution in [-0.2, 0) is 9.53 Å². The lowest BCUT2D eigenvalue weighted by atomic mass is 9.46. The maximum Gasteiger partial charge on any atom is 0.317 e. The molecule has 1 spiro atoms. The van der Waals surface area contributed by atoms with Crippen LogP contribution in [0.5, 0.6) is 0 Å². The Kier molecular flexibility index (Phi) is 5.40. The number of fused-ring (bicyclic) bond motifs is 1. The predicted molar refractivity (Wildman–Crippen MR) is 96.6 cm³/mol. The third-order valence-corrected chi connectivity index (χ3v) is 6.35. The minimum atomic E-state index is -0.143. The SMILES string of the molecule is CCCN1CC2(NC(=O)N(C)CCCOC)CC3(CC(=O)CC[C@@H]13)C2. The Morgan fingerprint density at radius 2 is 2.20 bits per heavy atom. The number of carbonyl (C=O) groups excluding carboxylic acids is 2. The van der Waals surface area contributed by atoms with Gasteiger partial charge in [-0.1, -0.05) is 6.92 Å². The Labute approximate surface area is 151 Å². The highest BCUT2D eigenvalue weighted by molar-refractivity contribution is 5.81. The van der Waals surface area contributed by atoms with Crippen LogP contribution in [0, 0.1) is 5.41 Å². The fraction of sp³-hybridized carbons (Fsp3) is 0.895. The predicted octanol–water partition coefficient (Wildman–Crippen LogP) is 2.03. The topological polar surface area (TPSA) is 61.9 Å². The van der Waals surface area contributed by atoms with Crippen molar-refractivity contribution in [2.75, 3.05) is 40.4 Å². The fourth-order valence-corrected chi connectivity index (χ4v) is 5.56. The Morgan fingerprint density at radius 3 is 2.88 bits per heavy atom. The van der Waals surface area contributed by atoms with Crippen LogP contribution in [0.2, 0.25) is 0 Å². The van der Waals surface area contributed by atoms with Gasteiger partial charge in [0.1, 0.15) is 5.78 Å². The molecule has 25 heavy (non-hydrogen) atoms. The lowest BCUT2D eigenvalue weighted by Crippen LogP contribution is -2.78. The van der Waals surface area contributed by atoms with Crippen LogP contribution in [0.25, 0.3) is 0 Å². The summed E-state index contributed by atoms with van der Waals surface area (Å²) >= 11 is 0. The molecule has 4 fully saturated rings. The smallest absolute Gasteiger partial charge is 0.317 e. The first-order valence-electron chi connectivity index (χ1n) is 9.72. The van der Waals surface area contributed by atoms with Gasteiger partial charge in [0, 0.05) is 52.7 Å². The number of ketones is 1. The van der Waals surface area contributed by atoms with Crippen LogP contribution in [-0.4, -0.2) is 73.6 Å². The van der Waals surface area contributed by atoms with Crippen molar-refractivity contribution in [3.8, 4) is 0 Å². The van der Waals surface area contributed by atoms with Gasteiger partial charge in [0.25, 0.3) is 0 Å². The first-order valence-corrected chi connectivity index (χ1v) is 9.72. The van der Waals surface area contributed by atoms with Crippen LogP contribution in [0.3, 0.4) is 0 Å². The molecule has 6 nitrogen and oxygen atoms in total. The summed E-state index contributed by atoms with van der Waals surface area (Å²) in [6.45, 7) is 5.55. The van der Waals surface area contributed by atoms with Crippen LogP contribution < -0.4 is 5.32 Å². The highest BCUT2D eigenvalue weighted by Crippen LogP contribution is 2.61. The Bertz CT molecular complexity index is 516. The van der Waals surface area contributed by atoms with Gasteiger partial charge in [0.05, 0.1) is 5.54 Å². The van der Waals surface area contributed by atoms with Gasteiger partial charge in [-0.3, -0.25) is 9.69 Å². The average Bonchev–Trinajstić information content (AvgIpc) is 2.53. The summed E-state index contributed by atoms with van der Waals surface area (Å²) in [5.41, 5.74) is -0.0272. The summed E-state index contributed by atoms with van der Waals surface area (Å²) in [4.78, 5) is 29.0. The number of hydrogen-bond donors (Lipinski definition) is 1. The lowest BCUT2D eigenvalue weighted by molar-refractivity contribution is -0.166. The van der Waals surface area contributed by atoms with E-state index in [9.17, 15) is 9.59 Å². The number of piperidine rings is 2. The van der Waals surface area contributed by atoms with Gasteiger partial charge < -0.3 is 15.0 Å².